The summed E-state index contributed by atoms with van der Waals surface area (Å²) in [7, 11) is 0. The summed E-state index contributed by atoms with van der Waals surface area (Å²) in [5, 5.41) is 8.20. The molecule has 1 aliphatic heterocycles. The number of hydrogen-bond donors (Lipinski definition) is 1. The second-order valence-electron chi connectivity index (χ2n) is 6.02. The van der Waals surface area contributed by atoms with Gasteiger partial charge in [-0.05, 0) is 42.5 Å². The standard InChI is InChI=1S/C19H13N3O5S2/c1-10-6-14(22-27-10)17-20-13(9-28-17)8-26-18(24)12-4-2-11(3-5-12)7-15-16(23)21-19(25)29-15/h2-7,9H,8H2,1H3,(H,21,23,25)/b15-7-. The molecular weight excluding hydrogens is 414 g/mol. The Hall–Kier alpha value is -3.24. The summed E-state index contributed by atoms with van der Waals surface area (Å²) < 4.78 is 10.3. The summed E-state index contributed by atoms with van der Waals surface area (Å²) in [4.78, 5) is 39.7. The Morgan fingerprint density at radius 3 is 2.72 bits per heavy atom. The van der Waals surface area contributed by atoms with Crippen LogP contribution in [0.25, 0.3) is 16.8 Å². The number of nitrogens with zero attached hydrogens (tertiary/aromatic N) is 2. The maximum atomic E-state index is 12.2. The van der Waals surface area contributed by atoms with Crippen molar-refractivity contribution < 1.29 is 23.6 Å². The number of aromatic nitrogens is 2. The summed E-state index contributed by atoms with van der Waals surface area (Å²) in [6.07, 6.45) is 1.59. The van der Waals surface area contributed by atoms with Crippen LogP contribution >= 0.6 is 23.1 Å². The van der Waals surface area contributed by atoms with Crippen molar-refractivity contribution in [2.24, 2.45) is 0 Å². The topological polar surface area (TPSA) is 111 Å². The zero-order valence-corrected chi connectivity index (χ0v) is 16.6. The van der Waals surface area contributed by atoms with E-state index in [1.807, 2.05) is 0 Å². The predicted molar refractivity (Wildman–Crippen MR) is 107 cm³/mol. The largest absolute Gasteiger partial charge is 0.456 e. The number of esters is 1. The number of benzene rings is 1. The van der Waals surface area contributed by atoms with Crippen LogP contribution in [0.4, 0.5) is 4.79 Å². The molecule has 0 aliphatic carbocycles. The molecule has 1 N–H and O–H groups in total. The number of thioether (sulfide) groups is 1. The Labute approximate surface area is 173 Å². The van der Waals surface area contributed by atoms with E-state index >= 15 is 0 Å². The molecule has 1 aliphatic rings. The first-order valence-electron chi connectivity index (χ1n) is 8.38. The number of ether oxygens (including phenoxy) is 1. The van der Waals surface area contributed by atoms with E-state index in [1.54, 1.807) is 48.7 Å². The molecule has 3 aromatic rings. The molecule has 0 spiro atoms. The third kappa shape index (κ3) is 4.44. The summed E-state index contributed by atoms with van der Waals surface area (Å²) >= 11 is 2.23. The van der Waals surface area contributed by atoms with E-state index in [9.17, 15) is 14.4 Å². The molecule has 3 heterocycles. The van der Waals surface area contributed by atoms with Crippen LogP contribution in [0, 0.1) is 6.92 Å². The second-order valence-corrected chi connectivity index (χ2v) is 7.89. The van der Waals surface area contributed by atoms with Crippen LogP contribution in [0.1, 0.15) is 27.4 Å². The highest BCUT2D eigenvalue weighted by atomic mass is 32.2. The molecule has 1 aromatic carbocycles. The molecule has 10 heteroatoms. The molecule has 2 aromatic heterocycles. The molecule has 0 saturated carbocycles. The molecule has 4 rings (SSSR count). The third-order valence-electron chi connectivity index (χ3n) is 3.84. The van der Waals surface area contributed by atoms with Crippen molar-refractivity contribution in [2.75, 3.05) is 0 Å². The van der Waals surface area contributed by atoms with Gasteiger partial charge < -0.3 is 9.26 Å². The van der Waals surface area contributed by atoms with E-state index in [0.29, 0.717) is 38.2 Å². The number of rotatable bonds is 5. The molecule has 1 saturated heterocycles. The molecular formula is C19H13N3O5S2. The van der Waals surface area contributed by atoms with Gasteiger partial charge in [-0.1, -0.05) is 17.3 Å². The van der Waals surface area contributed by atoms with Gasteiger partial charge in [0.05, 0.1) is 16.2 Å². The van der Waals surface area contributed by atoms with Gasteiger partial charge in [-0.3, -0.25) is 14.9 Å². The van der Waals surface area contributed by atoms with Gasteiger partial charge in [-0.25, -0.2) is 9.78 Å². The first-order valence-corrected chi connectivity index (χ1v) is 10.1. The van der Waals surface area contributed by atoms with E-state index in [4.69, 9.17) is 9.26 Å². The predicted octanol–water partition coefficient (Wildman–Crippen LogP) is 3.79. The van der Waals surface area contributed by atoms with E-state index in [1.165, 1.54) is 11.3 Å². The normalized spacial score (nSPS) is 15.0. The van der Waals surface area contributed by atoms with Crippen LogP contribution in [0.5, 0.6) is 0 Å². The second kappa shape index (κ2) is 8.02. The number of amides is 2. The SMILES string of the molecule is Cc1cc(-c2nc(COC(=O)c3ccc(/C=C4\SC(=O)NC4=O)cc3)cs2)no1. The molecule has 0 bridgehead atoms. The van der Waals surface area contributed by atoms with Crippen molar-refractivity contribution in [3.8, 4) is 10.7 Å². The smallest absolute Gasteiger partial charge is 0.338 e. The summed E-state index contributed by atoms with van der Waals surface area (Å²) in [5.41, 5.74) is 2.33. The number of thiazole rings is 1. The van der Waals surface area contributed by atoms with Gasteiger partial charge in [0.1, 0.15) is 23.1 Å². The maximum absolute atomic E-state index is 12.2. The van der Waals surface area contributed by atoms with Crippen molar-refractivity contribution in [3.05, 3.63) is 63.2 Å². The van der Waals surface area contributed by atoms with Crippen LogP contribution < -0.4 is 5.32 Å². The Kier molecular flexibility index (Phi) is 5.28. The van der Waals surface area contributed by atoms with Crippen LogP contribution in [0.3, 0.4) is 0 Å². The minimum absolute atomic E-state index is 0.0386. The number of carbonyl (C=O) groups excluding carboxylic acids is 3. The van der Waals surface area contributed by atoms with E-state index in [2.05, 4.69) is 15.5 Å². The van der Waals surface area contributed by atoms with Crippen molar-refractivity contribution >= 4 is 46.3 Å². The lowest BCUT2D eigenvalue weighted by atomic mass is 10.1. The average molecular weight is 427 g/mol. The summed E-state index contributed by atoms with van der Waals surface area (Å²) in [6.45, 7) is 1.84. The Bertz CT molecular complexity index is 1130. The Morgan fingerprint density at radius 1 is 1.28 bits per heavy atom. The van der Waals surface area contributed by atoms with Crippen molar-refractivity contribution in [2.45, 2.75) is 13.5 Å². The van der Waals surface area contributed by atoms with Crippen molar-refractivity contribution in [1.29, 1.82) is 0 Å². The van der Waals surface area contributed by atoms with Crippen molar-refractivity contribution in [1.82, 2.24) is 15.5 Å². The van der Waals surface area contributed by atoms with Gasteiger partial charge in [-0.2, -0.15) is 0 Å². The molecule has 29 heavy (non-hydrogen) atoms. The zero-order valence-electron chi connectivity index (χ0n) is 15.0. The maximum Gasteiger partial charge on any atom is 0.338 e. The fourth-order valence-electron chi connectivity index (χ4n) is 2.47. The molecule has 0 unspecified atom stereocenters. The molecule has 1 fully saturated rings. The van der Waals surface area contributed by atoms with Gasteiger partial charge in [-0.15, -0.1) is 11.3 Å². The lowest BCUT2D eigenvalue weighted by molar-refractivity contribution is -0.115. The highest BCUT2D eigenvalue weighted by Gasteiger charge is 2.24. The van der Waals surface area contributed by atoms with Crippen LogP contribution in [-0.2, 0) is 16.1 Å². The first-order chi connectivity index (χ1) is 14.0. The fourth-order valence-corrected chi connectivity index (χ4v) is 3.91. The monoisotopic (exact) mass is 427 g/mol. The van der Waals surface area contributed by atoms with Gasteiger partial charge >= 0.3 is 5.97 Å². The van der Waals surface area contributed by atoms with Crippen LogP contribution in [0.15, 0.2) is 45.1 Å². The number of carbonyl (C=O) groups is 3. The van der Waals surface area contributed by atoms with Crippen LogP contribution in [-0.4, -0.2) is 27.3 Å². The van der Waals surface area contributed by atoms with E-state index in [0.717, 1.165) is 11.8 Å². The number of aryl methyl sites for hydroxylation is 1. The van der Waals surface area contributed by atoms with Crippen LogP contribution in [0.2, 0.25) is 0 Å². The van der Waals surface area contributed by atoms with Crippen molar-refractivity contribution in [3.63, 3.8) is 0 Å². The fraction of sp³-hybridized carbons (Fsp3) is 0.105. The highest BCUT2D eigenvalue weighted by Crippen LogP contribution is 2.26. The van der Waals surface area contributed by atoms with Gasteiger partial charge in [0.2, 0.25) is 0 Å². The number of imide groups is 1. The summed E-state index contributed by atoms with van der Waals surface area (Å²) in [6, 6.07) is 8.33. The molecule has 0 atom stereocenters. The van der Waals surface area contributed by atoms with Gasteiger partial charge in [0.25, 0.3) is 11.1 Å². The summed E-state index contributed by atoms with van der Waals surface area (Å²) in [5.74, 6) is -0.216. The lowest BCUT2D eigenvalue weighted by Crippen LogP contribution is -2.17. The lowest BCUT2D eigenvalue weighted by Gasteiger charge is -2.03. The third-order valence-corrected chi connectivity index (χ3v) is 5.56. The van der Waals surface area contributed by atoms with Gasteiger partial charge in [0.15, 0.2) is 0 Å². The molecule has 146 valence electrons. The van der Waals surface area contributed by atoms with E-state index in [-0.39, 0.29) is 6.61 Å². The molecule has 2 amide bonds. The first kappa shape index (κ1) is 19.1. The Balaban J connectivity index is 1.37. The minimum Gasteiger partial charge on any atom is -0.456 e. The molecule has 0 radical (unpaired) electrons. The van der Waals surface area contributed by atoms with E-state index < -0.39 is 17.1 Å². The zero-order chi connectivity index (χ0) is 20.4. The Morgan fingerprint density at radius 2 is 2.07 bits per heavy atom. The van der Waals surface area contributed by atoms with Gasteiger partial charge in [0, 0.05) is 11.4 Å². The number of nitrogens with one attached hydrogen (secondary N) is 1. The molecule has 8 nitrogen and oxygen atoms in total. The highest BCUT2D eigenvalue weighted by molar-refractivity contribution is 8.18. The number of hydrogen-bond acceptors (Lipinski definition) is 9. The average Bonchev–Trinajstić information content (AvgIpc) is 3.41. The quantitative estimate of drug-likeness (QED) is 0.484. The minimum atomic E-state index is -0.487.